The van der Waals surface area contributed by atoms with Crippen molar-refractivity contribution >= 4 is 28.7 Å². The van der Waals surface area contributed by atoms with Crippen LogP contribution in [0.5, 0.6) is 0 Å². The third-order valence-corrected chi connectivity index (χ3v) is 3.23. The zero-order valence-electron chi connectivity index (χ0n) is 10.2. The molecular weight excluding hydrogens is 309 g/mol. The second-order valence-corrected chi connectivity index (χ2v) is 4.68. The molecule has 112 valence electrons. The van der Waals surface area contributed by atoms with Crippen LogP contribution in [0.1, 0.15) is 6.23 Å². The van der Waals surface area contributed by atoms with E-state index in [9.17, 15) is 19.4 Å². The maximum atomic E-state index is 13.0. The minimum absolute atomic E-state index is 0.0173. The number of hydrogen-bond donors (Lipinski definition) is 4. The van der Waals surface area contributed by atoms with E-state index in [1.165, 1.54) is 0 Å². The van der Waals surface area contributed by atoms with Crippen molar-refractivity contribution in [3.63, 3.8) is 0 Å². The Morgan fingerprint density at radius 3 is 2.90 bits per heavy atom. The summed E-state index contributed by atoms with van der Waals surface area (Å²) in [6.45, 7) is 0. The van der Waals surface area contributed by atoms with Gasteiger partial charge in [-0.15, -0.1) is 0 Å². The number of aliphatic hydroxyl groups is 2. The van der Waals surface area contributed by atoms with Crippen LogP contribution < -0.4 is 11.3 Å². The molecule has 5 N–H and O–H groups in total. The molecule has 1 aliphatic heterocycles. The molecule has 3 heterocycles. The number of nitrogen functional groups attached to an aromatic ring is 1. The van der Waals surface area contributed by atoms with Gasteiger partial charge < -0.3 is 20.7 Å². The average molecular weight is 318 g/mol. The highest BCUT2D eigenvalue weighted by molar-refractivity contribution is 6.28. The molecule has 11 heteroatoms. The van der Waals surface area contributed by atoms with Gasteiger partial charge in [-0.1, -0.05) is 0 Å². The highest BCUT2D eigenvalue weighted by atomic mass is 35.5. The predicted molar refractivity (Wildman–Crippen MR) is 68.7 cm³/mol. The second kappa shape index (κ2) is 4.69. The number of ether oxygens (including phenoxy) is 1. The summed E-state index contributed by atoms with van der Waals surface area (Å²) in [6.07, 6.45) is -3.27. The fourth-order valence-corrected chi connectivity index (χ4v) is 2.24. The number of nitrogens with two attached hydrogens (primary N) is 1. The predicted octanol–water partition coefficient (Wildman–Crippen LogP) is -0.670. The Balaban J connectivity index is 2.14. The smallest absolute Gasteiger partial charge is 0.280 e. The van der Waals surface area contributed by atoms with Gasteiger partial charge in [0, 0.05) is 0 Å². The first-order chi connectivity index (χ1) is 9.90. The lowest BCUT2D eigenvalue weighted by Gasteiger charge is -2.15. The Bertz CT molecular complexity index is 798. The van der Waals surface area contributed by atoms with Gasteiger partial charge in [0.25, 0.3) is 5.56 Å². The molecule has 3 atom stereocenters. The van der Waals surface area contributed by atoms with Crippen molar-refractivity contribution in [3.8, 4) is 0 Å². The Kier molecular flexibility index (Phi) is 3.08. The number of fused-ring (bicyclic) bond motifs is 1. The number of aromatic amines is 1. The fraction of sp³-hybridized carbons (Fsp3) is 0.300. The summed E-state index contributed by atoms with van der Waals surface area (Å²) in [4.78, 5) is 21.6. The Labute approximate surface area is 120 Å². The van der Waals surface area contributed by atoms with E-state index >= 15 is 0 Å². The summed E-state index contributed by atoms with van der Waals surface area (Å²) in [5.41, 5.74) is 4.83. The molecule has 0 aliphatic carbocycles. The molecular formula is C10H9ClFN5O4. The number of nitrogens with zero attached hydrogens (tertiary/aromatic N) is 3. The summed E-state index contributed by atoms with van der Waals surface area (Å²) in [5, 5.41) is 18.3. The maximum Gasteiger partial charge on any atom is 0.280 e. The molecule has 1 fully saturated rings. The summed E-state index contributed by atoms with van der Waals surface area (Å²) < 4.78 is 19.3. The number of nitrogens with one attached hydrogen (secondary N) is 1. The van der Waals surface area contributed by atoms with E-state index in [1.807, 2.05) is 0 Å². The molecule has 0 aromatic carbocycles. The molecule has 2 aromatic rings. The quantitative estimate of drug-likeness (QED) is 0.547. The molecule has 0 amide bonds. The van der Waals surface area contributed by atoms with Gasteiger partial charge in [0.05, 0.1) is 0 Å². The molecule has 3 rings (SSSR count). The van der Waals surface area contributed by atoms with E-state index in [1.54, 1.807) is 0 Å². The topological polar surface area (TPSA) is 139 Å². The first kappa shape index (κ1) is 13.8. The number of anilines is 1. The van der Waals surface area contributed by atoms with Gasteiger partial charge in [-0.3, -0.25) is 14.3 Å². The molecule has 2 aromatic heterocycles. The first-order valence-electron chi connectivity index (χ1n) is 5.70. The second-order valence-electron chi connectivity index (χ2n) is 4.34. The highest BCUT2D eigenvalue weighted by Gasteiger charge is 2.43. The number of rotatable bonds is 1. The lowest BCUT2D eigenvalue weighted by atomic mass is 10.2. The van der Waals surface area contributed by atoms with E-state index in [0.717, 1.165) is 10.9 Å². The third-order valence-electron chi connectivity index (χ3n) is 3.04. The summed E-state index contributed by atoms with van der Waals surface area (Å²) in [6, 6.07) is 0. The van der Waals surface area contributed by atoms with Crippen LogP contribution in [0, 0.1) is 0 Å². The normalized spacial score (nSPS) is 27.9. The molecule has 9 nitrogen and oxygen atoms in total. The van der Waals surface area contributed by atoms with E-state index < -0.39 is 35.0 Å². The van der Waals surface area contributed by atoms with Crippen molar-refractivity contribution in [2.24, 2.45) is 0 Å². The van der Waals surface area contributed by atoms with Crippen LogP contribution in [0.25, 0.3) is 11.2 Å². The third kappa shape index (κ3) is 2.04. The van der Waals surface area contributed by atoms with Gasteiger partial charge in [0.1, 0.15) is 18.5 Å². The van der Waals surface area contributed by atoms with Gasteiger partial charge in [-0.2, -0.15) is 9.37 Å². The molecule has 0 spiro atoms. The van der Waals surface area contributed by atoms with Crippen LogP contribution in [-0.4, -0.2) is 41.9 Å². The van der Waals surface area contributed by atoms with Crippen molar-refractivity contribution in [2.45, 2.75) is 18.4 Å². The van der Waals surface area contributed by atoms with Crippen molar-refractivity contribution in [3.05, 3.63) is 27.7 Å². The van der Waals surface area contributed by atoms with Gasteiger partial charge in [0.15, 0.2) is 16.9 Å². The number of imidazole rings is 1. The van der Waals surface area contributed by atoms with Crippen LogP contribution in [0.3, 0.4) is 0 Å². The van der Waals surface area contributed by atoms with Crippen LogP contribution in [0.4, 0.5) is 10.3 Å². The zero-order valence-corrected chi connectivity index (χ0v) is 11.0. The number of halogens is 2. The number of aliphatic hydroxyl groups excluding tert-OH is 2. The van der Waals surface area contributed by atoms with Crippen LogP contribution in [0.2, 0.25) is 0 Å². The summed E-state index contributed by atoms with van der Waals surface area (Å²) in [5.74, 6) is -0.768. The standard InChI is InChI=1S/C10H9ClFN5O4/c11-6(12)5-3(18)4(19)9(21-5)17-1-14-2-7(17)15-10(13)16-8(2)20/h1,3-4,9,18-19H,(H3,13,15,16,20)/b6-5-/t3-,4+,9?/m0/s1. The maximum absolute atomic E-state index is 13.0. The fourth-order valence-electron chi connectivity index (χ4n) is 2.09. The van der Waals surface area contributed by atoms with Crippen LogP contribution in [-0.2, 0) is 4.74 Å². The Morgan fingerprint density at radius 2 is 2.29 bits per heavy atom. The lowest BCUT2D eigenvalue weighted by Crippen LogP contribution is -2.28. The molecule has 1 unspecified atom stereocenters. The van der Waals surface area contributed by atoms with Crippen LogP contribution >= 0.6 is 11.6 Å². The van der Waals surface area contributed by atoms with Crippen molar-refractivity contribution in [2.75, 3.05) is 5.73 Å². The largest absolute Gasteiger partial charge is 0.465 e. The van der Waals surface area contributed by atoms with Gasteiger partial charge in [0.2, 0.25) is 17.5 Å². The highest BCUT2D eigenvalue weighted by Crippen LogP contribution is 2.36. The first-order valence-corrected chi connectivity index (χ1v) is 6.08. The van der Waals surface area contributed by atoms with Gasteiger partial charge >= 0.3 is 0 Å². The van der Waals surface area contributed by atoms with Gasteiger partial charge in [-0.05, 0) is 11.6 Å². The number of aromatic nitrogens is 4. The molecule has 1 aliphatic rings. The molecule has 0 radical (unpaired) electrons. The minimum Gasteiger partial charge on any atom is -0.465 e. The lowest BCUT2D eigenvalue weighted by molar-refractivity contribution is -0.0120. The summed E-state index contributed by atoms with van der Waals surface area (Å²) >= 11 is 5.14. The molecule has 21 heavy (non-hydrogen) atoms. The molecule has 0 saturated carbocycles. The van der Waals surface area contributed by atoms with E-state index in [2.05, 4.69) is 15.0 Å². The monoisotopic (exact) mass is 317 g/mol. The SMILES string of the molecule is Nc1nc2c(ncn2C2O/C(=C(\F)Cl)[C@@H](O)[C@H]2O)c(=O)[nH]1. The Hall–Kier alpha value is -2.17. The Morgan fingerprint density at radius 1 is 1.57 bits per heavy atom. The van der Waals surface area contributed by atoms with E-state index in [4.69, 9.17) is 22.1 Å². The van der Waals surface area contributed by atoms with Gasteiger partial charge in [-0.25, -0.2) is 4.98 Å². The average Bonchev–Trinajstić information content (AvgIpc) is 2.93. The van der Waals surface area contributed by atoms with E-state index in [0.29, 0.717) is 0 Å². The zero-order chi connectivity index (χ0) is 15.3. The van der Waals surface area contributed by atoms with E-state index in [-0.39, 0.29) is 17.1 Å². The minimum atomic E-state index is -1.65. The summed E-state index contributed by atoms with van der Waals surface area (Å²) in [7, 11) is 0. The number of H-pyrrole nitrogens is 1. The molecule has 1 saturated heterocycles. The van der Waals surface area contributed by atoms with Crippen molar-refractivity contribution < 1.29 is 19.3 Å². The van der Waals surface area contributed by atoms with Crippen molar-refractivity contribution in [1.82, 2.24) is 19.5 Å². The number of hydrogen-bond acceptors (Lipinski definition) is 7. The molecule has 0 bridgehead atoms. The van der Waals surface area contributed by atoms with Crippen molar-refractivity contribution in [1.29, 1.82) is 0 Å². The van der Waals surface area contributed by atoms with Crippen LogP contribution in [0.15, 0.2) is 22.2 Å².